The molecule has 1 saturated heterocycles. The van der Waals surface area contributed by atoms with Gasteiger partial charge in [0.1, 0.15) is 6.04 Å². The molecule has 2 N–H and O–H groups in total. The fourth-order valence-electron chi connectivity index (χ4n) is 2.71. The molecule has 1 unspecified atom stereocenters. The molecule has 21 heavy (non-hydrogen) atoms. The van der Waals surface area contributed by atoms with Crippen molar-refractivity contribution in [1.29, 1.82) is 0 Å². The van der Waals surface area contributed by atoms with Crippen LogP contribution in [0.25, 0.3) is 0 Å². The van der Waals surface area contributed by atoms with Crippen molar-refractivity contribution in [2.75, 3.05) is 13.7 Å². The Morgan fingerprint density at radius 1 is 1.38 bits per heavy atom. The first-order chi connectivity index (χ1) is 10.1. The molecule has 1 aliphatic rings. The smallest absolute Gasteiger partial charge is 0.328 e. The molecular formula is C16H22N2O3. The summed E-state index contributed by atoms with van der Waals surface area (Å²) in [7, 11) is 1.35. The Bertz CT molecular complexity index is 490. The lowest BCUT2D eigenvalue weighted by Gasteiger charge is -2.25. The highest BCUT2D eigenvalue weighted by Crippen LogP contribution is 2.20. The van der Waals surface area contributed by atoms with Crippen molar-refractivity contribution in [2.24, 2.45) is 5.73 Å². The number of likely N-dealkylation sites (tertiary alicyclic amines) is 1. The van der Waals surface area contributed by atoms with E-state index in [0.717, 1.165) is 18.4 Å². The monoisotopic (exact) mass is 290 g/mol. The van der Waals surface area contributed by atoms with Crippen molar-refractivity contribution in [2.45, 2.75) is 37.8 Å². The highest BCUT2D eigenvalue weighted by atomic mass is 16.5. The minimum Gasteiger partial charge on any atom is -0.467 e. The molecule has 5 nitrogen and oxygen atoms in total. The van der Waals surface area contributed by atoms with Gasteiger partial charge in [-0.15, -0.1) is 0 Å². The number of hydrogen-bond acceptors (Lipinski definition) is 4. The largest absolute Gasteiger partial charge is 0.467 e. The Morgan fingerprint density at radius 2 is 2.10 bits per heavy atom. The second-order valence-corrected chi connectivity index (χ2v) is 5.34. The molecule has 1 aromatic rings. The van der Waals surface area contributed by atoms with Gasteiger partial charge in [-0.3, -0.25) is 4.79 Å². The number of rotatable bonds is 5. The second kappa shape index (κ2) is 7.22. The maximum atomic E-state index is 12.4. The summed E-state index contributed by atoms with van der Waals surface area (Å²) in [5, 5.41) is 0. The Morgan fingerprint density at radius 3 is 2.76 bits per heavy atom. The van der Waals surface area contributed by atoms with Crippen molar-refractivity contribution in [3.63, 3.8) is 0 Å². The summed E-state index contributed by atoms with van der Waals surface area (Å²) < 4.78 is 4.75. The van der Waals surface area contributed by atoms with E-state index in [0.29, 0.717) is 19.4 Å². The van der Waals surface area contributed by atoms with Gasteiger partial charge in [0.2, 0.25) is 5.91 Å². The zero-order chi connectivity index (χ0) is 15.2. The minimum atomic E-state index is -0.574. The predicted molar refractivity (Wildman–Crippen MR) is 79.5 cm³/mol. The maximum Gasteiger partial charge on any atom is 0.328 e. The average Bonchev–Trinajstić information content (AvgIpc) is 3.01. The fourth-order valence-corrected chi connectivity index (χ4v) is 2.71. The molecule has 1 aliphatic heterocycles. The van der Waals surface area contributed by atoms with Crippen LogP contribution in [0.3, 0.4) is 0 Å². The molecule has 0 aromatic heterocycles. The van der Waals surface area contributed by atoms with Gasteiger partial charge < -0.3 is 15.4 Å². The lowest BCUT2D eigenvalue weighted by Crippen LogP contribution is -2.48. The van der Waals surface area contributed by atoms with Crippen LogP contribution >= 0.6 is 0 Å². The van der Waals surface area contributed by atoms with E-state index in [1.54, 1.807) is 4.90 Å². The number of esters is 1. The molecule has 5 heteroatoms. The molecule has 0 radical (unpaired) electrons. The lowest BCUT2D eigenvalue weighted by atomic mass is 10.0. The molecule has 2 rings (SSSR count). The first-order valence-electron chi connectivity index (χ1n) is 7.31. The molecule has 0 aliphatic carbocycles. The molecule has 114 valence electrons. The first-order valence-corrected chi connectivity index (χ1v) is 7.31. The average molecular weight is 290 g/mol. The summed E-state index contributed by atoms with van der Waals surface area (Å²) in [6.45, 7) is 0.581. The molecule has 1 amide bonds. The van der Waals surface area contributed by atoms with Crippen LogP contribution in [0.4, 0.5) is 0 Å². The molecule has 1 aromatic carbocycles. The minimum absolute atomic E-state index is 0.154. The summed E-state index contributed by atoms with van der Waals surface area (Å²) >= 11 is 0. The van der Waals surface area contributed by atoms with E-state index in [-0.39, 0.29) is 11.9 Å². The zero-order valence-corrected chi connectivity index (χ0v) is 12.3. The van der Waals surface area contributed by atoms with Crippen LogP contribution in [0.5, 0.6) is 0 Å². The molecule has 2 atom stereocenters. The van der Waals surface area contributed by atoms with Crippen LogP contribution in [0.2, 0.25) is 0 Å². The van der Waals surface area contributed by atoms with Crippen molar-refractivity contribution in [3.05, 3.63) is 35.9 Å². The molecule has 1 heterocycles. The summed E-state index contributed by atoms with van der Waals surface area (Å²) in [6, 6.07) is 8.89. The third-order valence-electron chi connectivity index (χ3n) is 3.91. The molecule has 0 saturated carbocycles. The number of nitrogens with zero attached hydrogens (tertiary/aromatic N) is 1. The Balaban J connectivity index is 1.91. The van der Waals surface area contributed by atoms with Crippen LogP contribution in [0.15, 0.2) is 30.3 Å². The number of amides is 1. The lowest BCUT2D eigenvalue weighted by molar-refractivity contribution is -0.151. The van der Waals surface area contributed by atoms with E-state index >= 15 is 0 Å². The molecule has 0 spiro atoms. The van der Waals surface area contributed by atoms with Gasteiger partial charge >= 0.3 is 5.97 Å². The highest BCUT2D eigenvalue weighted by Gasteiger charge is 2.36. The van der Waals surface area contributed by atoms with Crippen molar-refractivity contribution in [1.82, 2.24) is 4.90 Å². The van der Waals surface area contributed by atoms with Gasteiger partial charge in [0.15, 0.2) is 0 Å². The number of nitrogens with two attached hydrogens (primary N) is 1. The zero-order valence-electron chi connectivity index (χ0n) is 12.3. The van der Waals surface area contributed by atoms with Gasteiger partial charge in [-0.05, 0) is 31.2 Å². The summed E-state index contributed by atoms with van der Waals surface area (Å²) in [5.41, 5.74) is 7.16. The summed E-state index contributed by atoms with van der Waals surface area (Å²) in [5.74, 6) is -0.505. The summed E-state index contributed by atoms with van der Waals surface area (Å²) in [4.78, 5) is 25.6. The number of carbonyl (C=O) groups excluding carboxylic acids is 2. The predicted octanol–water partition coefficient (Wildman–Crippen LogP) is 1.11. The van der Waals surface area contributed by atoms with Gasteiger partial charge in [-0.2, -0.15) is 0 Å². The van der Waals surface area contributed by atoms with Crippen LogP contribution < -0.4 is 5.73 Å². The second-order valence-electron chi connectivity index (χ2n) is 5.34. The van der Waals surface area contributed by atoms with E-state index < -0.39 is 12.1 Å². The first kappa shape index (κ1) is 15.5. The van der Waals surface area contributed by atoms with Gasteiger partial charge in [0, 0.05) is 6.54 Å². The third-order valence-corrected chi connectivity index (χ3v) is 3.91. The Hall–Kier alpha value is -1.88. The molecule has 1 fully saturated rings. The topological polar surface area (TPSA) is 72.6 Å². The van der Waals surface area contributed by atoms with E-state index in [1.165, 1.54) is 7.11 Å². The number of benzene rings is 1. The molecular weight excluding hydrogens is 268 g/mol. The van der Waals surface area contributed by atoms with Crippen LogP contribution in [-0.4, -0.2) is 42.5 Å². The quantitative estimate of drug-likeness (QED) is 0.825. The number of ether oxygens (including phenoxy) is 1. The van der Waals surface area contributed by atoms with E-state index in [9.17, 15) is 9.59 Å². The number of hydrogen-bond donors (Lipinski definition) is 1. The Kier molecular flexibility index (Phi) is 5.33. The van der Waals surface area contributed by atoms with Gasteiger partial charge in [-0.1, -0.05) is 30.3 Å². The van der Waals surface area contributed by atoms with Gasteiger partial charge in [0.25, 0.3) is 0 Å². The Labute approximate surface area is 125 Å². The normalized spacial score (nSPS) is 19.3. The third kappa shape index (κ3) is 3.82. The van der Waals surface area contributed by atoms with E-state index in [2.05, 4.69) is 0 Å². The van der Waals surface area contributed by atoms with Crippen molar-refractivity contribution in [3.8, 4) is 0 Å². The van der Waals surface area contributed by atoms with E-state index in [1.807, 2.05) is 30.3 Å². The molecule has 0 bridgehead atoms. The standard InChI is InChI=1S/C16H22N2O3/c1-21-16(20)14-8-5-11-18(14)15(19)13(17)10-9-12-6-3-2-4-7-12/h2-4,6-7,13-14H,5,8-11,17H2,1H3/t13-,14?/m0/s1. The van der Waals surface area contributed by atoms with Gasteiger partial charge in [0.05, 0.1) is 13.2 Å². The van der Waals surface area contributed by atoms with Crippen molar-refractivity contribution >= 4 is 11.9 Å². The number of aryl methyl sites for hydroxylation is 1. The van der Waals surface area contributed by atoms with Crippen LogP contribution in [-0.2, 0) is 20.7 Å². The summed E-state index contributed by atoms with van der Waals surface area (Å²) in [6.07, 6.45) is 2.80. The SMILES string of the molecule is COC(=O)C1CCCN1C(=O)[C@@H](N)CCc1ccccc1. The fraction of sp³-hybridized carbons (Fsp3) is 0.500. The van der Waals surface area contributed by atoms with Crippen LogP contribution in [0.1, 0.15) is 24.8 Å². The van der Waals surface area contributed by atoms with Gasteiger partial charge in [-0.25, -0.2) is 4.79 Å². The van der Waals surface area contributed by atoms with Crippen LogP contribution in [0, 0.1) is 0 Å². The van der Waals surface area contributed by atoms with Crippen molar-refractivity contribution < 1.29 is 14.3 Å². The number of methoxy groups -OCH3 is 1. The van der Waals surface area contributed by atoms with E-state index in [4.69, 9.17) is 10.5 Å². The maximum absolute atomic E-state index is 12.4. The number of carbonyl (C=O) groups is 2. The highest BCUT2D eigenvalue weighted by molar-refractivity contribution is 5.88.